The van der Waals surface area contributed by atoms with Crippen molar-refractivity contribution < 1.29 is 0 Å². The van der Waals surface area contributed by atoms with Crippen LogP contribution in [0.2, 0.25) is 0 Å². The Kier molecular flexibility index (Phi) is 4.99. The van der Waals surface area contributed by atoms with Crippen molar-refractivity contribution in [2.45, 2.75) is 62.6 Å². The molecule has 2 aliphatic carbocycles. The summed E-state index contributed by atoms with van der Waals surface area (Å²) in [5.41, 5.74) is 3.17. The van der Waals surface area contributed by atoms with Crippen molar-refractivity contribution in [1.29, 1.82) is 0 Å². The second-order valence-electron chi connectivity index (χ2n) is 5.52. The van der Waals surface area contributed by atoms with E-state index < -0.39 is 0 Å². The second kappa shape index (κ2) is 6.29. The van der Waals surface area contributed by atoms with Gasteiger partial charge in [0.05, 0.1) is 5.38 Å². The summed E-state index contributed by atoms with van der Waals surface area (Å²) in [5.74, 6) is 0.645. The molecule has 0 N–H and O–H groups in total. The molecule has 0 aromatic heterocycles. The van der Waals surface area contributed by atoms with Crippen LogP contribution in [0, 0.1) is 5.92 Å². The highest BCUT2D eigenvalue weighted by molar-refractivity contribution is 6.22. The first kappa shape index (κ1) is 13.5. The highest BCUT2D eigenvalue weighted by Gasteiger charge is 2.19. The number of halogens is 2. The molecule has 0 amide bonds. The van der Waals surface area contributed by atoms with Crippen LogP contribution >= 0.6 is 23.2 Å². The maximum absolute atomic E-state index is 6.29. The summed E-state index contributed by atoms with van der Waals surface area (Å²) < 4.78 is 0. The lowest BCUT2D eigenvalue weighted by molar-refractivity contribution is 0.510. The first-order chi connectivity index (χ1) is 8.15. The van der Waals surface area contributed by atoms with Crippen LogP contribution in [0.4, 0.5) is 0 Å². The largest absolute Gasteiger partial charge is 0.123 e. The fourth-order valence-electron chi connectivity index (χ4n) is 2.66. The molecule has 2 aliphatic rings. The molecule has 0 saturated heterocycles. The summed E-state index contributed by atoms with van der Waals surface area (Å²) in [6.07, 6.45) is 13.0. The second-order valence-corrected chi connectivity index (χ2v) is 6.64. The molecule has 96 valence electrons. The number of alkyl halides is 2. The van der Waals surface area contributed by atoms with E-state index in [4.69, 9.17) is 23.2 Å². The molecule has 0 fully saturated rings. The van der Waals surface area contributed by atoms with E-state index >= 15 is 0 Å². The molecule has 0 saturated carbocycles. The van der Waals surface area contributed by atoms with Crippen LogP contribution in [0.5, 0.6) is 0 Å². The Balaban J connectivity index is 1.81. The zero-order valence-corrected chi connectivity index (χ0v) is 12.1. The minimum Gasteiger partial charge on any atom is -0.123 e. The van der Waals surface area contributed by atoms with Crippen LogP contribution in [0.1, 0.15) is 51.9 Å². The van der Waals surface area contributed by atoms with Crippen molar-refractivity contribution in [3.8, 4) is 0 Å². The van der Waals surface area contributed by atoms with E-state index in [-0.39, 0.29) is 5.38 Å². The van der Waals surface area contributed by atoms with Crippen molar-refractivity contribution in [3.63, 3.8) is 0 Å². The van der Waals surface area contributed by atoms with Gasteiger partial charge in [0.25, 0.3) is 0 Å². The summed E-state index contributed by atoms with van der Waals surface area (Å²) in [6.45, 7) is 2.25. The van der Waals surface area contributed by atoms with Gasteiger partial charge in [0.2, 0.25) is 0 Å². The number of allylic oxidation sites excluding steroid dienone is 4. The molecule has 0 spiro atoms. The lowest BCUT2D eigenvalue weighted by atomic mass is 9.86. The third-order valence-corrected chi connectivity index (χ3v) is 5.02. The van der Waals surface area contributed by atoms with Gasteiger partial charge in [0, 0.05) is 5.38 Å². The van der Waals surface area contributed by atoms with E-state index in [9.17, 15) is 0 Å². The Hall–Kier alpha value is 0.0600. The van der Waals surface area contributed by atoms with Gasteiger partial charge in [-0.25, -0.2) is 0 Å². The maximum Gasteiger partial charge on any atom is 0.0544 e. The van der Waals surface area contributed by atoms with Crippen molar-refractivity contribution >= 4 is 23.2 Å². The Morgan fingerprint density at radius 3 is 2.47 bits per heavy atom. The van der Waals surface area contributed by atoms with E-state index in [2.05, 4.69) is 19.1 Å². The van der Waals surface area contributed by atoms with Crippen molar-refractivity contribution in [1.82, 2.24) is 0 Å². The standard InChI is InChI=1S/C15H22Cl2/c1-11-2-3-13(10-15(11)17)5-4-12-6-8-14(16)9-7-12/h6,10-11,14-15H,2-5,7-9H2,1H3. The summed E-state index contributed by atoms with van der Waals surface area (Å²) in [6, 6.07) is 0. The van der Waals surface area contributed by atoms with Crippen LogP contribution in [0.25, 0.3) is 0 Å². The molecule has 17 heavy (non-hydrogen) atoms. The normalized spacial score (nSPS) is 34.2. The van der Waals surface area contributed by atoms with Crippen LogP contribution in [0.3, 0.4) is 0 Å². The topological polar surface area (TPSA) is 0 Å². The zero-order valence-electron chi connectivity index (χ0n) is 10.6. The van der Waals surface area contributed by atoms with E-state index in [0.717, 1.165) is 12.8 Å². The molecule has 0 radical (unpaired) electrons. The van der Waals surface area contributed by atoms with Crippen LogP contribution in [-0.2, 0) is 0 Å². The molecule has 0 heterocycles. The van der Waals surface area contributed by atoms with E-state index in [0.29, 0.717) is 11.3 Å². The van der Waals surface area contributed by atoms with Gasteiger partial charge in [-0.15, -0.1) is 23.2 Å². The molecule has 2 heteroatoms. The average molecular weight is 273 g/mol. The lowest BCUT2D eigenvalue weighted by Crippen LogP contribution is -2.14. The predicted molar refractivity (Wildman–Crippen MR) is 76.9 cm³/mol. The van der Waals surface area contributed by atoms with Crippen molar-refractivity contribution in [2.24, 2.45) is 5.92 Å². The van der Waals surface area contributed by atoms with E-state index in [1.54, 1.807) is 11.1 Å². The molecule has 3 atom stereocenters. The van der Waals surface area contributed by atoms with Crippen molar-refractivity contribution in [3.05, 3.63) is 23.3 Å². The number of hydrogen-bond acceptors (Lipinski definition) is 0. The minimum absolute atomic E-state index is 0.256. The molecule has 3 unspecified atom stereocenters. The third-order valence-electron chi connectivity index (χ3n) is 4.07. The summed E-state index contributed by atoms with van der Waals surface area (Å²) >= 11 is 12.4. The lowest BCUT2D eigenvalue weighted by Gasteiger charge is -2.24. The van der Waals surface area contributed by atoms with Crippen LogP contribution in [-0.4, -0.2) is 10.8 Å². The predicted octanol–water partition coefficient (Wildman–Crippen LogP) is 5.45. The Labute approximate surface area is 115 Å². The smallest absolute Gasteiger partial charge is 0.0544 e. The van der Waals surface area contributed by atoms with Gasteiger partial charge in [0.1, 0.15) is 0 Å². The molecule has 2 rings (SSSR count). The Morgan fingerprint density at radius 1 is 1.12 bits per heavy atom. The molecular weight excluding hydrogens is 251 g/mol. The highest BCUT2D eigenvalue weighted by Crippen LogP contribution is 2.32. The van der Waals surface area contributed by atoms with Crippen molar-refractivity contribution in [2.75, 3.05) is 0 Å². The molecule has 0 nitrogen and oxygen atoms in total. The molecule has 0 aromatic rings. The van der Waals surface area contributed by atoms with Crippen LogP contribution < -0.4 is 0 Å². The van der Waals surface area contributed by atoms with Gasteiger partial charge in [-0.05, 0) is 50.9 Å². The minimum atomic E-state index is 0.256. The van der Waals surface area contributed by atoms with E-state index in [1.165, 1.54) is 32.1 Å². The Bertz CT molecular complexity index is 317. The van der Waals surface area contributed by atoms with Gasteiger partial charge in [0.15, 0.2) is 0 Å². The van der Waals surface area contributed by atoms with Gasteiger partial charge in [-0.3, -0.25) is 0 Å². The monoisotopic (exact) mass is 272 g/mol. The summed E-state index contributed by atoms with van der Waals surface area (Å²) in [7, 11) is 0. The Morgan fingerprint density at radius 2 is 1.82 bits per heavy atom. The average Bonchev–Trinajstić information content (AvgIpc) is 2.33. The fraction of sp³-hybridized carbons (Fsp3) is 0.733. The highest BCUT2D eigenvalue weighted by atomic mass is 35.5. The SMILES string of the molecule is CC1CCC(CCC2=CCC(Cl)CC2)=CC1Cl. The van der Waals surface area contributed by atoms with Gasteiger partial charge < -0.3 is 0 Å². The van der Waals surface area contributed by atoms with Crippen LogP contribution in [0.15, 0.2) is 23.3 Å². The maximum atomic E-state index is 6.29. The summed E-state index contributed by atoms with van der Waals surface area (Å²) in [4.78, 5) is 0. The number of rotatable bonds is 3. The first-order valence-corrected chi connectivity index (χ1v) is 7.68. The molecule has 0 aromatic carbocycles. The quantitative estimate of drug-likeness (QED) is 0.474. The molecule has 0 bridgehead atoms. The molecule has 0 aliphatic heterocycles. The summed E-state index contributed by atoms with van der Waals surface area (Å²) in [5, 5.41) is 0.632. The first-order valence-electron chi connectivity index (χ1n) is 6.81. The molecular formula is C15H22Cl2. The number of hydrogen-bond donors (Lipinski definition) is 0. The van der Waals surface area contributed by atoms with Gasteiger partial charge in [-0.2, -0.15) is 0 Å². The van der Waals surface area contributed by atoms with E-state index in [1.807, 2.05) is 0 Å². The third kappa shape index (κ3) is 4.03. The fourth-order valence-corrected chi connectivity index (χ4v) is 3.16. The zero-order chi connectivity index (χ0) is 12.3. The van der Waals surface area contributed by atoms with Gasteiger partial charge in [-0.1, -0.05) is 30.2 Å². The van der Waals surface area contributed by atoms with Gasteiger partial charge >= 0.3 is 0 Å².